The Kier molecular flexibility index (Phi) is 7.12. The molecule has 0 spiro atoms. The van der Waals surface area contributed by atoms with Crippen LogP contribution in [0.2, 0.25) is 0 Å². The number of carbonyl (C=O) groups is 1. The van der Waals surface area contributed by atoms with E-state index in [1.807, 2.05) is 0 Å². The Labute approximate surface area is 134 Å². The van der Waals surface area contributed by atoms with E-state index >= 15 is 0 Å². The van der Waals surface area contributed by atoms with Crippen molar-refractivity contribution in [3.8, 4) is 0 Å². The first kappa shape index (κ1) is 19.2. The minimum atomic E-state index is -3.51. The molecule has 1 atom stereocenters. The van der Waals surface area contributed by atoms with Crippen LogP contribution >= 0.6 is 0 Å². The van der Waals surface area contributed by atoms with Gasteiger partial charge < -0.3 is 9.64 Å². The summed E-state index contributed by atoms with van der Waals surface area (Å²) in [7, 11) is -3.51. The number of hydrogen-bond acceptors (Lipinski definition) is 5. The van der Waals surface area contributed by atoms with Crippen LogP contribution in [0.1, 0.15) is 59.8 Å². The minimum absolute atomic E-state index is 0.0515. The van der Waals surface area contributed by atoms with Gasteiger partial charge in [0.1, 0.15) is 5.60 Å². The number of ether oxygens (including phenoxy) is 1. The van der Waals surface area contributed by atoms with Gasteiger partial charge in [-0.3, -0.25) is 4.18 Å². The molecule has 0 saturated carbocycles. The lowest BCUT2D eigenvalue weighted by atomic mass is 10.2. The molecule has 130 valence electrons. The number of likely N-dealkylation sites (tertiary alicyclic amines) is 1. The van der Waals surface area contributed by atoms with Gasteiger partial charge in [0.2, 0.25) is 0 Å². The Morgan fingerprint density at radius 2 is 1.91 bits per heavy atom. The second-order valence-corrected chi connectivity index (χ2v) is 8.47. The molecule has 1 aliphatic heterocycles. The molecule has 1 aliphatic rings. The van der Waals surface area contributed by atoms with Gasteiger partial charge in [-0.25, -0.2) is 4.79 Å². The van der Waals surface area contributed by atoms with Crippen molar-refractivity contribution in [3.05, 3.63) is 0 Å². The van der Waals surface area contributed by atoms with Crippen molar-refractivity contribution in [3.63, 3.8) is 0 Å². The smallest absolute Gasteiger partial charge is 0.410 e. The lowest BCUT2D eigenvalue weighted by Crippen LogP contribution is -2.36. The van der Waals surface area contributed by atoms with Gasteiger partial charge in [-0.15, -0.1) is 0 Å². The zero-order valence-electron chi connectivity index (χ0n) is 14.1. The third kappa shape index (κ3) is 7.45. The zero-order valence-corrected chi connectivity index (χ0v) is 14.9. The predicted molar refractivity (Wildman–Crippen MR) is 85.2 cm³/mol. The fraction of sp³-hybridized carbons (Fsp3) is 0.933. The average Bonchev–Trinajstić information content (AvgIpc) is 2.80. The number of nitrogens with zero attached hydrogens (tertiary/aromatic N) is 1. The molecule has 0 bridgehead atoms. The summed E-state index contributed by atoms with van der Waals surface area (Å²) in [6, 6.07) is 0. The highest BCUT2D eigenvalue weighted by Crippen LogP contribution is 2.19. The average molecular weight is 335 g/mol. The van der Waals surface area contributed by atoms with E-state index in [0.717, 1.165) is 19.3 Å². The predicted octanol–water partition coefficient (Wildman–Crippen LogP) is 2.92. The van der Waals surface area contributed by atoms with E-state index in [-0.39, 0.29) is 12.3 Å². The topological polar surface area (TPSA) is 72.9 Å². The summed E-state index contributed by atoms with van der Waals surface area (Å²) in [5, 5.41) is 0. The molecule has 0 aromatic rings. The first-order valence-corrected chi connectivity index (χ1v) is 9.59. The molecule has 1 rings (SSSR count). The van der Waals surface area contributed by atoms with Crippen molar-refractivity contribution in [2.75, 3.05) is 18.8 Å². The highest BCUT2D eigenvalue weighted by molar-refractivity contribution is 7.86. The highest BCUT2D eigenvalue weighted by Gasteiger charge is 2.32. The Morgan fingerprint density at radius 1 is 1.23 bits per heavy atom. The molecular weight excluding hydrogens is 306 g/mol. The summed E-state index contributed by atoms with van der Waals surface area (Å²) in [5.41, 5.74) is -0.554. The maximum Gasteiger partial charge on any atom is 0.410 e. The number of rotatable bonds is 7. The summed E-state index contributed by atoms with van der Waals surface area (Å²) >= 11 is 0. The maximum atomic E-state index is 11.9. The van der Waals surface area contributed by atoms with Gasteiger partial charge in [-0.2, -0.15) is 8.42 Å². The van der Waals surface area contributed by atoms with Gasteiger partial charge in [0.25, 0.3) is 10.1 Å². The first-order chi connectivity index (χ1) is 10.1. The van der Waals surface area contributed by atoms with Crippen LogP contribution in [0.25, 0.3) is 0 Å². The van der Waals surface area contributed by atoms with E-state index in [2.05, 4.69) is 6.92 Å². The number of carbonyl (C=O) groups excluding carboxylic acids is 1. The van der Waals surface area contributed by atoms with Gasteiger partial charge in [0, 0.05) is 6.54 Å². The van der Waals surface area contributed by atoms with Crippen molar-refractivity contribution < 1.29 is 22.1 Å². The first-order valence-electron chi connectivity index (χ1n) is 8.02. The second-order valence-electron chi connectivity index (χ2n) is 6.76. The lowest BCUT2D eigenvalue weighted by Gasteiger charge is -2.24. The van der Waals surface area contributed by atoms with Crippen LogP contribution in [0.4, 0.5) is 4.79 Å². The number of hydrogen-bond donors (Lipinski definition) is 0. The van der Waals surface area contributed by atoms with E-state index < -0.39 is 27.9 Å². The molecule has 7 heteroatoms. The van der Waals surface area contributed by atoms with Gasteiger partial charge in [0.15, 0.2) is 0 Å². The molecule has 0 aliphatic carbocycles. The summed E-state index contributed by atoms with van der Waals surface area (Å²) in [6.07, 6.45) is 3.27. The molecule has 0 radical (unpaired) electrons. The zero-order chi connectivity index (χ0) is 16.8. The lowest BCUT2D eigenvalue weighted by molar-refractivity contribution is 0.0276. The molecular formula is C15H29NO5S. The molecule has 0 unspecified atom stereocenters. The molecule has 1 amide bonds. The van der Waals surface area contributed by atoms with Crippen LogP contribution in [-0.2, 0) is 19.0 Å². The summed E-state index contributed by atoms with van der Waals surface area (Å²) in [5.74, 6) is 0.0515. The Hall–Kier alpha value is -0.820. The standard InChI is InChI=1S/C15H29NO5S/c1-5-6-7-8-11-22(18,19)21-13-9-10-16(12-13)14(17)20-15(2,3)4/h13H,5-12H2,1-4H3/t13-/m1/s1. The van der Waals surface area contributed by atoms with Crippen LogP contribution in [0, 0.1) is 0 Å². The van der Waals surface area contributed by atoms with E-state index in [1.165, 1.54) is 4.90 Å². The van der Waals surface area contributed by atoms with Crippen molar-refractivity contribution in [1.82, 2.24) is 4.90 Å². The monoisotopic (exact) mass is 335 g/mol. The molecule has 22 heavy (non-hydrogen) atoms. The van der Waals surface area contributed by atoms with Crippen molar-refractivity contribution >= 4 is 16.2 Å². The molecule has 0 aromatic carbocycles. The fourth-order valence-corrected chi connectivity index (χ4v) is 3.49. The van der Waals surface area contributed by atoms with Crippen molar-refractivity contribution in [1.29, 1.82) is 0 Å². The molecule has 1 saturated heterocycles. The third-order valence-electron chi connectivity index (χ3n) is 3.33. The second kappa shape index (κ2) is 8.15. The molecule has 0 aromatic heterocycles. The maximum absolute atomic E-state index is 11.9. The Bertz CT molecular complexity index is 455. The highest BCUT2D eigenvalue weighted by atomic mass is 32.2. The van der Waals surface area contributed by atoms with Gasteiger partial charge in [-0.1, -0.05) is 26.2 Å². The van der Waals surface area contributed by atoms with E-state index in [0.29, 0.717) is 19.4 Å². The van der Waals surface area contributed by atoms with Crippen LogP contribution in [0.3, 0.4) is 0 Å². The molecule has 1 fully saturated rings. The van der Waals surface area contributed by atoms with Crippen molar-refractivity contribution in [2.45, 2.75) is 71.5 Å². The van der Waals surface area contributed by atoms with E-state index in [1.54, 1.807) is 20.8 Å². The number of unbranched alkanes of at least 4 members (excludes halogenated alkanes) is 3. The summed E-state index contributed by atoms with van der Waals surface area (Å²) in [4.78, 5) is 13.4. The van der Waals surface area contributed by atoms with Crippen LogP contribution in [-0.4, -0.2) is 50.0 Å². The number of amides is 1. The van der Waals surface area contributed by atoms with Crippen LogP contribution in [0.15, 0.2) is 0 Å². The minimum Gasteiger partial charge on any atom is -0.444 e. The Morgan fingerprint density at radius 3 is 2.50 bits per heavy atom. The third-order valence-corrected chi connectivity index (χ3v) is 4.68. The summed E-state index contributed by atoms with van der Waals surface area (Å²) in [6.45, 7) is 8.21. The van der Waals surface area contributed by atoms with Crippen LogP contribution < -0.4 is 0 Å². The van der Waals surface area contributed by atoms with Crippen molar-refractivity contribution in [2.24, 2.45) is 0 Å². The largest absolute Gasteiger partial charge is 0.444 e. The van der Waals surface area contributed by atoms with Gasteiger partial charge in [-0.05, 0) is 33.6 Å². The molecule has 6 nitrogen and oxygen atoms in total. The normalized spacial score (nSPS) is 19.5. The Balaban J connectivity index is 2.38. The quantitative estimate of drug-likeness (QED) is 0.528. The van der Waals surface area contributed by atoms with Crippen LogP contribution in [0.5, 0.6) is 0 Å². The van der Waals surface area contributed by atoms with E-state index in [4.69, 9.17) is 8.92 Å². The summed E-state index contributed by atoms with van der Waals surface area (Å²) < 4.78 is 34.3. The molecule has 1 heterocycles. The van der Waals surface area contributed by atoms with Gasteiger partial charge >= 0.3 is 6.09 Å². The molecule has 0 N–H and O–H groups in total. The SMILES string of the molecule is CCCCCCS(=O)(=O)O[C@@H]1CCN(C(=O)OC(C)(C)C)C1. The fourth-order valence-electron chi connectivity index (χ4n) is 2.26. The van der Waals surface area contributed by atoms with Gasteiger partial charge in [0.05, 0.1) is 18.4 Å². The van der Waals surface area contributed by atoms with E-state index in [9.17, 15) is 13.2 Å².